The lowest BCUT2D eigenvalue weighted by Crippen LogP contribution is -2.10. The summed E-state index contributed by atoms with van der Waals surface area (Å²) >= 11 is 0. The van der Waals surface area contributed by atoms with Crippen molar-refractivity contribution in [3.63, 3.8) is 0 Å². The van der Waals surface area contributed by atoms with E-state index in [1.54, 1.807) is 12.4 Å². The maximum absolute atomic E-state index is 12.3. The third kappa shape index (κ3) is 2.37. The van der Waals surface area contributed by atoms with E-state index < -0.39 is 0 Å². The Balaban J connectivity index is 1.95. The summed E-state index contributed by atoms with van der Waals surface area (Å²) in [6.45, 7) is 4.25. The first-order valence-electron chi connectivity index (χ1n) is 8.30. The molecule has 122 valence electrons. The number of ether oxygens (including phenoxy) is 1. The normalized spacial score (nSPS) is 14.1. The molecule has 1 saturated carbocycles. The summed E-state index contributed by atoms with van der Waals surface area (Å²) in [5, 5.41) is 5.59. The van der Waals surface area contributed by atoms with E-state index >= 15 is 0 Å². The average Bonchev–Trinajstić information content (AvgIpc) is 3.34. The SMILES string of the molecule is CCOC(=O)c1cnn(-c2c(C)ccc3ncccc23)c1C1CC1. The third-order valence-corrected chi connectivity index (χ3v) is 4.44. The van der Waals surface area contributed by atoms with Gasteiger partial charge in [0.1, 0.15) is 5.56 Å². The van der Waals surface area contributed by atoms with Gasteiger partial charge in [0.2, 0.25) is 0 Å². The van der Waals surface area contributed by atoms with Crippen molar-refractivity contribution in [3.05, 3.63) is 53.5 Å². The quantitative estimate of drug-likeness (QED) is 0.686. The smallest absolute Gasteiger partial charge is 0.341 e. The highest BCUT2D eigenvalue weighted by Gasteiger charge is 2.34. The number of aryl methyl sites for hydroxylation is 1. The van der Waals surface area contributed by atoms with E-state index in [4.69, 9.17) is 4.74 Å². The molecular weight excluding hydrogens is 302 g/mol. The number of rotatable bonds is 4. The summed E-state index contributed by atoms with van der Waals surface area (Å²) in [5.41, 5.74) is 4.58. The molecule has 24 heavy (non-hydrogen) atoms. The fourth-order valence-corrected chi connectivity index (χ4v) is 3.18. The van der Waals surface area contributed by atoms with Gasteiger partial charge in [-0.2, -0.15) is 5.10 Å². The summed E-state index contributed by atoms with van der Waals surface area (Å²) < 4.78 is 7.13. The van der Waals surface area contributed by atoms with Gasteiger partial charge < -0.3 is 4.74 Å². The summed E-state index contributed by atoms with van der Waals surface area (Å²) in [5.74, 6) is 0.0832. The van der Waals surface area contributed by atoms with Crippen LogP contribution in [-0.4, -0.2) is 27.3 Å². The largest absolute Gasteiger partial charge is 0.462 e. The van der Waals surface area contributed by atoms with Crippen LogP contribution in [-0.2, 0) is 4.74 Å². The van der Waals surface area contributed by atoms with Crippen molar-refractivity contribution >= 4 is 16.9 Å². The van der Waals surface area contributed by atoms with Crippen LogP contribution in [0.2, 0.25) is 0 Å². The van der Waals surface area contributed by atoms with Crippen LogP contribution in [0.25, 0.3) is 16.6 Å². The minimum atomic E-state index is -0.290. The van der Waals surface area contributed by atoms with Crippen LogP contribution < -0.4 is 0 Å². The van der Waals surface area contributed by atoms with Gasteiger partial charge in [-0.3, -0.25) is 4.98 Å². The van der Waals surface area contributed by atoms with Gasteiger partial charge in [-0.25, -0.2) is 9.48 Å². The van der Waals surface area contributed by atoms with Crippen molar-refractivity contribution in [1.82, 2.24) is 14.8 Å². The molecule has 1 fully saturated rings. The predicted molar refractivity (Wildman–Crippen MR) is 91.5 cm³/mol. The standard InChI is InChI=1S/C19H19N3O2/c1-3-24-19(23)15-11-21-22(18(15)13-7-8-13)17-12(2)6-9-16-14(17)5-4-10-20-16/h4-6,9-11,13H,3,7-8H2,1-2H3. The molecule has 0 aliphatic heterocycles. The van der Waals surface area contributed by atoms with Crippen molar-refractivity contribution in [2.45, 2.75) is 32.6 Å². The molecule has 2 aromatic heterocycles. The number of pyridine rings is 1. The number of benzene rings is 1. The van der Waals surface area contributed by atoms with E-state index in [-0.39, 0.29) is 5.97 Å². The topological polar surface area (TPSA) is 57.0 Å². The molecular formula is C19H19N3O2. The Labute approximate surface area is 140 Å². The van der Waals surface area contributed by atoms with Gasteiger partial charge in [0.15, 0.2) is 0 Å². The van der Waals surface area contributed by atoms with Gasteiger partial charge in [0, 0.05) is 17.5 Å². The molecule has 4 rings (SSSR count). The van der Waals surface area contributed by atoms with Crippen molar-refractivity contribution in [2.24, 2.45) is 0 Å². The number of nitrogens with zero attached hydrogens (tertiary/aromatic N) is 3. The molecule has 0 unspecified atom stereocenters. The van der Waals surface area contributed by atoms with E-state index in [1.165, 1.54) is 0 Å². The van der Waals surface area contributed by atoms with Crippen LogP contribution in [0.15, 0.2) is 36.7 Å². The van der Waals surface area contributed by atoms with Crippen LogP contribution in [0.3, 0.4) is 0 Å². The molecule has 1 aromatic carbocycles. The highest BCUT2D eigenvalue weighted by atomic mass is 16.5. The lowest BCUT2D eigenvalue weighted by Gasteiger charge is -2.14. The Hall–Kier alpha value is -2.69. The highest BCUT2D eigenvalue weighted by molar-refractivity contribution is 5.92. The zero-order chi connectivity index (χ0) is 16.7. The molecule has 0 saturated heterocycles. The van der Waals surface area contributed by atoms with Gasteiger partial charge in [0.05, 0.1) is 29.7 Å². The van der Waals surface area contributed by atoms with Crippen molar-refractivity contribution in [1.29, 1.82) is 0 Å². The predicted octanol–water partition coefficient (Wildman–Crippen LogP) is 3.78. The monoisotopic (exact) mass is 321 g/mol. The molecule has 0 amide bonds. The number of hydrogen-bond acceptors (Lipinski definition) is 4. The Bertz CT molecular complexity index is 926. The molecule has 0 N–H and O–H groups in total. The fourth-order valence-electron chi connectivity index (χ4n) is 3.18. The Morgan fingerprint density at radius 3 is 2.92 bits per heavy atom. The van der Waals surface area contributed by atoms with Crippen molar-refractivity contribution in [2.75, 3.05) is 6.61 Å². The molecule has 3 aromatic rings. The van der Waals surface area contributed by atoms with Crippen LogP contribution in [0.4, 0.5) is 0 Å². The van der Waals surface area contributed by atoms with E-state index in [0.717, 1.165) is 40.7 Å². The van der Waals surface area contributed by atoms with Gasteiger partial charge >= 0.3 is 5.97 Å². The number of hydrogen-bond donors (Lipinski definition) is 0. The molecule has 0 bridgehead atoms. The van der Waals surface area contributed by atoms with Gasteiger partial charge in [-0.15, -0.1) is 0 Å². The third-order valence-electron chi connectivity index (χ3n) is 4.44. The van der Waals surface area contributed by atoms with Crippen LogP contribution >= 0.6 is 0 Å². The first-order chi connectivity index (χ1) is 11.7. The van der Waals surface area contributed by atoms with Crippen molar-refractivity contribution < 1.29 is 9.53 Å². The first kappa shape index (κ1) is 14.9. The van der Waals surface area contributed by atoms with Crippen LogP contribution in [0.1, 0.15) is 47.3 Å². The zero-order valence-corrected chi connectivity index (χ0v) is 13.8. The molecule has 5 heteroatoms. The minimum absolute atomic E-state index is 0.290. The minimum Gasteiger partial charge on any atom is -0.462 e. The number of carbonyl (C=O) groups is 1. The van der Waals surface area contributed by atoms with Gasteiger partial charge in [0.25, 0.3) is 0 Å². The number of aromatic nitrogens is 3. The molecule has 1 aliphatic carbocycles. The summed E-state index contributed by atoms with van der Waals surface area (Å²) in [4.78, 5) is 16.7. The Morgan fingerprint density at radius 1 is 1.33 bits per heavy atom. The molecule has 0 atom stereocenters. The second-order valence-electron chi connectivity index (χ2n) is 6.15. The first-order valence-corrected chi connectivity index (χ1v) is 8.30. The lowest BCUT2D eigenvalue weighted by atomic mass is 10.1. The Kier molecular flexibility index (Phi) is 3.56. The molecule has 0 radical (unpaired) electrons. The zero-order valence-electron chi connectivity index (χ0n) is 13.8. The highest BCUT2D eigenvalue weighted by Crippen LogP contribution is 2.43. The second kappa shape index (κ2) is 5.74. The van der Waals surface area contributed by atoms with E-state index in [9.17, 15) is 4.79 Å². The average molecular weight is 321 g/mol. The van der Waals surface area contributed by atoms with E-state index in [1.807, 2.05) is 35.9 Å². The fraction of sp³-hybridized carbons (Fsp3) is 0.316. The van der Waals surface area contributed by atoms with Crippen LogP contribution in [0.5, 0.6) is 0 Å². The Morgan fingerprint density at radius 2 is 2.17 bits per heavy atom. The number of carbonyl (C=O) groups excluding carboxylic acids is 1. The van der Waals surface area contributed by atoms with E-state index in [0.29, 0.717) is 18.1 Å². The summed E-state index contributed by atoms with van der Waals surface area (Å²) in [6, 6.07) is 8.04. The van der Waals surface area contributed by atoms with Gasteiger partial charge in [-0.05, 0) is 50.5 Å². The molecule has 1 aliphatic rings. The number of fused-ring (bicyclic) bond motifs is 1. The maximum Gasteiger partial charge on any atom is 0.341 e. The summed E-state index contributed by atoms with van der Waals surface area (Å²) in [6.07, 6.45) is 5.59. The molecule has 5 nitrogen and oxygen atoms in total. The second-order valence-corrected chi connectivity index (χ2v) is 6.15. The molecule has 0 spiro atoms. The van der Waals surface area contributed by atoms with Crippen molar-refractivity contribution in [3.8, 4) is 5.69 Å². The summed E-state index contributed by atoms with van der Waals surface area (Å²) in [7, 11) is 0. The van der Waals surface area contributed by atoms with Gasteiger partial charge in [-0.1, -0.05) is 6.07 Å². The molecule has 2 heterocycles. The lowest BCUT2D eigenvalue weighted by molar-refractivity contribution is 0.0525. The number of esters is 1. The van der Waals surface area contributed by atoms with E-state index in [2.05, 4.69) is 17.0 Å². The maximum atomic E-state index is 12.3. The van der Waals surface area contributed by atoms with Crippen LogP contribution in [0, 0.1) is 6.92 Å².